The Morgan fingerprint density at radius 2 is 1.91 bits per heavy atom. The van der Waals surface area contributed by atoms with Crippen LogP contribution in [0.4, 0.5) is 4.79 Å². The number of para-hydroxylation sites is 1. The lowest BCUT2D eigenvalue weighted by Gasteiger charge is -2.19. The largest absolute Gasteiger partial charge is 0.452 e. The molecular formula is C23H28N4O5. The number of fused-ring (bicyclic) bond motifs is 1. The van der Waals surface area contributed by atoms with Crippen LogP contribution >= 0.6 is 0 Å². The molecule has 3 rings (SSSR count). The zero-order chi connectivity index (χ0) is 23.5. The van der Waals surface area contributed by atoms with Gasteiger partial charge in [0.15, 0.2) is 6.61 Å². The van der Waals surface area contributed by atoms with E-state index in [9.17, 15) is 19.2 Å². The fourth-order valence-corrected chi connectivity index (χ4v) is 3.75. The Morgan fingerprint density at radius 3 is 2.53 bits per heavy atom. The number of aryl methyl sites for hydroxylation is 1. The van der Waals surface area contributed by atoms with Crippen LogP contribution in [0.25, 0.3) is 10.9 Å². The summed E-state index contributed by atoms with van der Waals surface area (Å²) in [4.78, 5) is 54.5. The molecule has 9 heteroatoms. The van der Waals surface area contributed by atoms with Crippen LogP contribution in [0.3, 0.4) is 0 Å². The monoisotopic (exact) mass is 440 g/mol. The number of hydrazine groups is 1. The van der Waals surface area contributed by atoms with Crippen LogP contribution in [-0.2, 0) is 27.2 Å². The van der Waals surface area contributed by atoms with Crippen LogP contribution in [0.1, 0.15) is 62.2 Å². The molecule has 0 aliphatic carbocycles. The summed E-state index contributed by atoms with van der Waals surface area (Å²) in [6.45, 7) is 6.67. The van der Waals surface area contributed by atoms with Crippen molar-refractivity contribution in [2.45, 2.75) is 58.9 Å². The van der Waals surface area contributed by atoms with Crippen molar-refractivity contribution < 1.29 is 23.9 Å². The molecule has 1 atom stereocenters. The Kier molecular flexibility index (Phi) is 6.76. The highest BCUT2D eigenvalue weighted by molar-refractivity contribution is 6.08. The second-order valence-corrected chi connectivity index (χ2v) is 7.90. The van der Waals surface area contributed by atoms with E-state index in [2.05, 4.69) is 10.7 Å². The normalized spacial score (nSPS) is 18.1. The Balaban J connectivity index is 1.78. The van der Waals surface area contributed by atoms with E-state index < -0.39 is 36.0 Å². The van der Waals surface area contributed by atoms with Gasteiger partial charge >= 0.3 is 12.0 Å². The van der Waals surface area contributed by atoms with E-state index in [0.29, 0.717) is 34.3 Å². The van der Waals surface area contributed by atoms with E-state index in [-0.39, 0.29) is 0 Å². The third-order valence-electron chi connectivity index (χ3n) is 5.66. The number of pyridine rings is 1. The number of nitrogens with one attached hydrogen (secondary N) is 2. The highest BCUT2D eigenvalue weighted by Gasteiger charge is 2.47. The van der Waals surface area contributed by atoms with Gasteiger partial charge in [-0.3, -0.25) is 20.0 Å². The number of benzene rings is 1. The van der Waals surface area contributed by atoms with Crippen molar-refractivity contribution in [3.05, 3.63) is 41.1 Å². The number of esters is 1. The summed E-state index contributed by atoms with van der Waals surface area (Å²) in [6.07, 6.45) is 2.55. The van der Waals surface area contributed by atoms with Crippen LogP contribution in [-0.4, -0.2) is 46.0 Å². The van der Waals surface area contributed by atoms with E-state index in [1.807, 2.05) is 32.0 Å². The lowest BCUT2D eigenvalue weighted by molar-refractivity contribution is -0.139. The van der Waals surface area contributed by atoms with Gasteiger partial charge in [-0.1, -0.05) is 45.4 Å². The van der Waals surface area contributed by atoms with Gasteiger partial charge in [0.2, 0.25) is 0 Å². The smallest absolute Gasteiger partial charge is 0.344 e. The predicted octanol–water partition coefficient (Wildman–Crippen LogP) is 2.66. The zero-order valence-corrected chi connectivity index (χ0v) is 18.8. The first-order valence-electron chi connectivity index (χ1n) is 10.8. The van der Waals surface area contributed by atoms with Gasteiger partial charge in [-0.15, -0.1) is 0 Å². The zero-order valence-electron chi connectivity index (χ0n) is 18.8. The minimum Gasteiger partial charge on any atom is -0.452 e. The third-order valence-corrected chi connectivity index (χ3v) is 5.66. The number of urea groups is 1. The molecule has 1 fully saturated rings. The van der Waals surface area contributed by atoms with Gasteiger partial charge in [-0.2, -0.15) is 5.01 Å². The van der Waals surface area contributed by atoms with E-state index in [1.54, 1.807) is 19.9 Å². The predicted molar refractivity (Wildman–Crippen MR) is 118 cm³/mol. The summed E-state index contributed by atoms with van der Waals surface area (Å²) >= 11 is 0. The molecule has 1 aliphatic rings. The number of carbonyl (C=O) groups is 4. The van der Waals surface area contributed by atoms with Crippen molar-refractivity contribution in [3.8, 4) is 0 Å². The number of imide groups is 1. The van der Waals surface area contributed by atoms with Gasteiger partial charge in [0.1, 0.15) is 5.54 Å². The summed E-state index contributed by atoms with van der Waals surface area (Å²) in [7, 11) is 0. The number of hydrogen-bond donors (Lipinski definition) is 2. The van der Waals surface area contributed by atoms with Gasteiger partial charge in [0, 0.05) is 11.1 Å². The maximum atomic E-state index is 13.0. The van der Waals surface area contributed by atoms with Gasteiger partial charge in [-0.25, -0.2) is 9.59 Å². The van der Waals surface area contributed by atoms with Crippen LogP contribution in [0.2, 0.25) is 0 Å². The molecule has 0 bridgehead atoms. The molecular weight excluding hydrogens is 412 g/mol. The SMILES string of the molecule is CCCc1nc2ccccc2c(C(=O)OCC(=O)NN2C(=O)NC(C)(CC)C2=O)c1CC. The second-order valence-electron chi connectivity index (χ2n) is 7.90. The molecule has 1 aromatic carbocycles. The lowest BCUT2D eigenvalue weighted by atomic mass is 9.96. The molecule has 1 unspecified atom stereocenters. The summed E-state index contributed by atoms with van der Waals surface area (Å²) in [5.41, 5.74) is 3.84. The van der Waals surface area contributed by atoms with Crippen molar-refractivity contribution in [2.75, 3.05) is 6.61 Å². The number of nitrogens with zero attached hydrogens (tertiary/aromatic N) is 2. The molecule has 2 N–H and O–H groups in total. The maximum absolute atomic E-state index is 13.0. The molecule has 1 aliphatic heterocycles. The highest BCUT2D eigenvalue weighted by Crippen LogP contribution is 2.26. The number of aromatic nitrogens is 1. The van der Waals surface area contributed by atoms with Crippen molar-refractivity contribution in [3.63, 3.8) is 0 Å². The van der Waals surface area contributed by atoms with Crippen molar-refractivity contribution in [2.24, 2.45) is 0 Å². The first kappa shape index (κ1) is 23.2. The van der Waals surface area contributed by atoms with Crippen LogP contribution in [0, 0.1) is 0 Å². The fourth-order valence-electron chi connectivity index (χ4n) is 3.75. The van der Waals surface area contributed by atoms with Gasteiger partial charge in [0.05, 0.1) is 11.1 Å². The summed E-state index contributed by atoms with van der Waals surface area (Å²) in [5, 5.41) is 3.82. The van der Waals surface area contributed by atoms with Crippen molar-refractivity contribution in [1.29, 1.82) is 0 Å². The number of amides is 4. The van der Waals surface area contributed by atoms with Crippen LogP contribution in [0.5, 0.6) is 0 Å². The molecule has 0 saturated carbocycles. The minimum atomic E-state index is -1.08. The van der Waals surface area contributed by atoms with E-state index >= 15 is 0 Å². The number of hydrogen-bond acceptors (Lipinski definition) is 6. The molecule has 0 spiro atoms. The minimum absolute atomic E-state index is 0.369. The number of carbonyl (C=O) groups excluding carboxylic acids is 4. The third kappa shape index (κ3) is 4.28. The Morgan fingerprint density at radius 1 is 1.19 bits per heavy atom. The molecule has 170 valence electrons. The average molecular weight is 441 g/mol. The van der Waals surface area contributed by atoms with E-state index in [0.717, 1.165) is 24.1 Å². The van der Waals surface area contributed by atoms with Crippen LogP contribution in [0.15, 0.2) is 24.3 Å². The summed E-state index contributed by atoms with van der Waals surface area (Å²) in [5.74, 6) is -2.00. The summed E-state index contributed by atoms with van der Waals surface area (Å²) in [6, 6.07) is 6.57. The molecule has 32 heavy (non-hydrogen) atoms. The van der Waals surface area contributed by atoms with Gasteiger partial charge < -0.3 is 10.1 Å². The van der Waals surface area contributed by atoms with Crippen molar-refractivity contribution >= 4 is 34.7 Å². The first-order chi connectivity index (χ1) is 15.3. The summed E-state index contributed by atoms with van der Waals surface area (Å²) < 4.78 is 5.28. The van der Waals surface area contributed by atoms with Gasteiger partial charge in [0.25, 0.3) is 11.8 Å². The van der Waals surface area contributed by atoms with Crippen LogP contribution < -0.4 is 10.7 Å². The quantitative estimate of drug-likeness (QED) is 0.481. The van der Waals surface area contributed by atoms with Gasteiger partial charge in [-0.05, 0) is 37.8 Å². The first-order valence-corrected chi connectivity index (χ1v) is 10.8. The fraction of sp³-hybridized carbons (Fsp3) is 0.435. The standard InChI is InChI=1S/C23H28N4O5/c1-5-10-16-14(6-2)19(15-11-8-9-12-17(15)24-16)20(29)32-13-18(28)26-27-21(30)23(4,7-3)25-22(27)31/h8-9,11-12H,5-7,10,13H2,1-4H3,(H,25,31)(H,26,28). The maximum Gasteiger partial charge on any atom is 0.344 e. The Hall–Kier alpha value is -3.49. The Labute approximate surface area is 186 Å². The number of rotatable bonds is 8. The molecule has 1 aromatic heterocycles. The Bertz CT molecular complexity index is 1080. The molecule has 0 radical (unpaired) electrons. The molecule has 2 aromatic rings. The molecule has 4 amide bonds. The topological polar surface area (TPSA) is 118 Å². The van der Waals surface area contributed by atoms with Crippen molar-refractivity contribution in [1.82, 2.24) is 20.7 Å². The molecule has 1 saturated heterocycles. The second kappa shape index (κ2) is 9.33. The molecule has 2 heterocycles. The van der Waals surface area contributed by atoms with E-state index in [1.165, 1.54) is 0 Å². The number of ether oxygens (including phenoxy) is 1. The highest BCUT2D eigenvalue weighted by atomic mass is 16.5. The van der Waals surface area contributed by atoms with E-state index in [4.69, 9.17) is 9.72 Å². The lowest BCUT2D eigenvalue weighted by Crippen LogP contribution is -2.49. The average Bonchev–Trinajstić information content (AvgIpc) is 3.00. The molecule has 9 nitrogen and oxygen atoms in total.